The second kappa shape index (κ2) is 5.25. The van der Waals surface area contributed by atoms with Crippen LogP contribution in [-0.2, 0) is 0 Å². The summed E-state index contributed by atoms with van der Waals surface area (Å²) in [5, 5.41) is 3.39. The van der Waals surface area contributed by atoms with Gasteiger partial charge in [-0.2, -0.15) is 0 Å². The minimum Gasteiger partial charge on any atom is -0.344 e. The highest BCUT2D eigenvalue weighted by molar-refractivity contribution is 5.28. The average Bonchev–Trinajstić information content (AvgIpc) is 2.30. The van der Waals surface area contributed by atoms with Gasteiger partial charge in [-0.25, -0.2) is 9.97 Å². The van der Waals surface area contributed by atoms with Gasteiger partial charge in [0.05, 0.1) is 0 Å². The normalized spacial score (nSPS) is 17.4. The smallest absolute Gasteiger partial charge is 0.225 e. The second-order valence-corrected chi connectivity index (χ2v) is 4.57. The second-order valence-electron chi connectivity index (χ2n) is 4.57. The quantitative estimate of drug-likeness (QED) is 0.831. The number of rotatable bonds is 3. The molecule has 4 heteroatoms. The molecule has 1 aliphatic rings. The van der Waals surface area contributed by atoms with Gasteiger partial charge < -0.3 is 10.2 Å². The van der Waals surface area contributed by atoms with Gasteiger partial charge >= 0.3 is 0 Å². The van der Waals surface area contributed by atoms with E-state index in [2.05, 4.69) is 27.2 Å². The highest BCUT2D eigenvalue weighted by Gasteiger charge is 2.16. The van der Waals surface area contributed by atoms with Crippen LogP contribution < -0.4 is 10.2 Å². The van der Waals surface area contributed by atoms with E-state index >= 15 is 0 Å². The van der Waals surface area contributed by atoms with Gasteiger partial charge in [0.1, 0.15) is 0 Å². The standard InChI is InChI=1S/C12H20N4/c1-10-3-8-14-12(15-10)16(2)9-11-4-6-13-7-5-11/h3,8,11,13H,4-7,9H2,1-2H3. The molecule has 0 bridgehead atoms. The van der Waals surface area contributed by atoms with Crippen molar-refractivity contribution in [3.8, 4) is 0 Å². The summed E-state index contributed by atoms with van der Waals surface area (Å²) in [5.74, 6) is 1.62. The third kappa shape index (κ3) is 2.92. The van der Waals surface area contributed by atoms with Gasteiger partial charge in [0, 0.05) is 25.5 Å². The molecule has 1 N–H and O–H groups in total. The molecule has 0 radical (unpaired) electrons. The molecule has 0 aliphatic carbocycles. The molecule has 4 nitrogen and oxygen atoms in total. The van der Waals surface area contributed by atoms with Crippen molar-refractivity contribution in [2.45, 2.75) is 19.8 Å². The van der Waals surface area contributed by atoms with Crippen LogP contribution in [0.2, 0.25) is 0 Å². The van der Waals surface area contributed by atoms with Crippen LogP contribution in [0.5, 0.6) is 0 Å². The molecule has 1 aliphatic heterocycles. The fraction of sp³-hybridized carbons (Fsp3) is 0.667. The van der Waals surface area contributed by atoms with Crippen molar-refractivity contribution in [3.05, 3.63) is 18.0 Å². The van der Waals surface area contributed by atoms with Crippen molar-refractivity contribution >= 4 is 5.95 Å². The molecule has 2 heterocycles. The van der Waals surface area contributed by atoms with Crippen molar-refractivity contribution < 1.29 is 0 Å². The molecule has 0 unspecified atom stereocenters. The molecule has 0 amide bonds. The first-order valence-corrected chi connectivity index (χ1v) is 5.97. The van der Waals surface area contributed by atoms with Crippen LogP contribution in [0.25, 0.3) is 0 Å². The van der Waals surface area contributed by atoms with E-state index in [-0.39, 0.29) is 0 Å². The Balaban J connectivity index is 1.94. The van der Waals surface area contributed by atoms with Crippen LogP contribution in [0.1, 0.15) is 18.5 Å². The fourth-order valence-electron chi connectivity index (χ4n) is 2.15. The minimum atomic E-state index is 0.773. The number of hydrogen-bond acceptors (Lipinski definition) is 4. The number of hydrogen-bond donors (Lipinski definition) is 1. The lowest BCUT2D eigenvalue weighted by atomic mass is 9.98. The lowest BCUT2D eigenvalue weighted by molar-refractivity contribution is 0.376. The van der Waals surface area contributed by atoms with Crippen LogP contribution in [0.15, 0.2) is 12.3 Å². The molecule has 1 aromatic heterocycles. The molecule has 2 rings (SSSR count). The van der Waals surface area contributed by atoms with Crippen molar-refractivity contribution in [1.29, 1.82) is 0 Å². The highest BCUT2D eigenvalue weighted by Crippen LogP contribution is 2.15. The maximum atomic E-state index is 4.44. The van der Waals surface area contributed by atoms with Gasteiger partial charge in [-0.1, -0.05) is 0 Å². The molecule has 88 valence electrons. The first-order valence-electron chi connectivity index (χ1n) is 5.97. The first-order chi connectivity index (χ1) is 7.75. The molecule has 0 atom stereocenters. The van der Waals surface area contributed by atoms with Crippen LogP contribution in [-0.4, -0.2) is 36.6 Å². The van der Waals surface area contributed by atoms with E-state index in [4.69, 9.17) is 0 Å². The number of nitrogens with zero attached hydrogens (tertiary/aromatic N) is 3. The van der Waals surface area contributed by atoms with Gasteiger partial charge in [0.2, 0.25) is 5.95 Å². The monoisotopic (exact) mass is 220 g/mol. The molecule has 1 fully saturated rings. The highest BCUT2D eigenvalue weighted by atomic mass is 15.2. The van der Waals surface area contributed by atoms with Crippen molar-refractivity contribution in [2.24, 2.45) is 5.92 Å². The number of piperidine rings is 1. The summed E-state index contributed by atoms with van der Waals surface area (Å²) in [6.07, 6.45) is 4.35. The first kappa shape index (κ1) is 11.3. The Morgan fingerprint density at radius 2 is 2.19 bits per heavy atom. The fourth-order valence-corrected chi connectivity index (χ4v) is 2.15. The third-order valence-corrected chi connectivity index (χ3v) is 3.11. The van der Waals surface area contributed by atoms with Crippen LogP contribution in [0.3, 0.4) is 0 Å². The Hall–Kier alpha value is -1.16. The summed E-state index contributed by atoms with van der Waals surface area (Å²) in [5.41, 5.74) is 1.03. The molecule has 16 heavy (non-hydrogen) atoms. The lowest BCUT2D eigenvalue weighted by Gasteiger charge is -2.27. The Labute approximate surface area is 97.1 Å². The topological polar surface area (TPSA) is 41.1 Å². The Bertz CT molecular complexity index is 334. The molecular formula is C12H20N4. The van der Waals surface area contributed by atoms with Crippen molar-refractivity contribution in [3.63, 3.8) is 0 Å². The number of aryl methyl sites for hydroxylation is 1. The van der Waals surface area contributed by atoms with Crippen LogP contribution in [0, 0.1) is 12.8 Å². The van der Waals surface area contributed by atoms with E-state index in [9.17, 15) is 0 Å². The zero-order chi connectivity index (χ0) is 11.4. The Morgan fingerprint density at radius 1 is 1.44 bits per heavy atom. The maximum Gasteiger partial charge on any atom is 0.225 e. The average molecular weight is 220 g/mol. The maximum absolute atomic E-state index is 4.44. The van der Waals surface area contributed by atoms with E-state index in [0.29, 0.717) is 0 Å². The summed E-state index contributed by atoms with van der Waals surface area (Å²) in [4.78, 5) is 10.9. The minimum absolute atomic E-state index is 0.773. The number of aromatic nitrogens is 2. The van der Waals surface area contributed by atoms with E-state index < -0.39 is 0 Å². The molecule has 0 aromatic carbocycles. The van der Waals surface area contributed by atoms with E-state index in [0.717, 1.165) is 37.2 Å². The Morgan fingerprint density at radius 3 is 2.88 bits per heavy atom. The van der Waals surface area contributed by atoms with Gasteiger partial charge in [-0.05, 0) is 44.8 Å². The summed E-state index contributed by atoms with van der Waals surface area (Å²) in [6, 6.07) is 1.93. The number of anilines is 1. The SMILES string of the molecule is Cc1ccnc(N(C)CC2CCNCC2)n1. The number of nitrogens with one attached hydrogen (secondary N) is 1. The largest absolute Gasteiger partial charge is 0.344 e. The molecule has 1 aromatic rings. The van der Waals surface area contributed by atoms with Crippen LogP contribution in [0.4, 0.5) is 5.95 Å². The van der Waals surface area contributed by atoms with Gasteiger partial charge in [-0.3, -0.25) is 0 Å². The predicted octanol–water partition coefficient (Wildman–Crippen LogP) is 1.22. The van der Waals surface area contributed by atoms with E-state index in [1.54, 1.807) is 0 Å². The van der Waals surface area contributed by atoms with Crippen molar-refractivity contribution in [2.75, 3.05) is 31.6 Å². The summed E-state index contributed by atoms with van der Waals surface area (Å²) in [6.45, 7) is 5.36. The summed E-state index contributed by atoms with van der Waals surface area (Å²) < 4.78 is 0. The molecule has 1 saturated heterocycles. The van der Waals surface area contributed by atoms with Crippen molar-refractivity contribution in [1.82, 2.24) is 15.3 Å². The van der Waals surface area contributed by atoms with Gasteiger partial charge in [-0.15, -0.1) is 0 Å². The van der Waals surface area contributed by atoms with Crippen LogP contribution >= 0.6 is 0 Å². The lowest BCUT2D eigenvalue weighted by Crippen LogP contribution is -2.35. The third-order valence-electron chi connectivity index (χ3n) is 3.11. The van der Waals surface area contributed by atoms with E-state index in [1.165, 1.54) is 12.8 Å². The molecule has 0 saturated carbocycles. The molecule has 0 spiro atoms. The van der Waals surface area contributed by atoms with Gasteiger partial charge in [0.25, 0.3) is 0 Å². The zero-order valence-electron chi connectivity index (χ0n) is 10.1. The van der Waals surface area contributed by atoms with Gasteiger partial charge in [0.15, 0.2) is 0 Å². The van der Waals surface area contributed by atoms with E-state index in [1.807, 2.05) is 19.2 Å². The zero-order valence-corrected chi connectivity index (χ0v) is 10.1. The predicted molar refractivity (Wildman–Crippen MR) is 65.6 cm³/mol. The summed E-state index contributed by atoms with van der Waals surface area (Å²) in [7, 11) is 2.08. The molecular weight excluding hydrogens is 200 g/mol. The Kier molecular flexibility index (Phi) is 3.72. The summed E-state index contributed by atoms with van der Waals surface area (Å²) >= 11 is 0.